The van der Waals surface area contributed by atoms with Gasteiger partial charge in [0.05, 0.1) is 16.8 Å². The lowest BCUT2D eigenvalue weighted by atomic mass is 10.0. The van der Waals surface area contributed by atoms with Crippen LogP contribution in [0.3, 0.4) is 0 Å². The van der Waals surface area contributed by atoms with Crippen molar-refractivity contribution in [3.05, 3.63) is 38.9 Å². The van der Waals surface area contributed by atoms with Crippen LogP contribution in [-0.4, -0.2) is 36.4 Å². The minimum absolute atomic E-state index is 0.231. The zero-order chi connectivity index (χ0) is 14.8. The molecule has 0 saturated carbocycles. The van der Waals surface area contributed by atoms with E-state index in [1.165, 1.54) is 4.88 Å². The Morgan fingerprint density at radius 3 is 3.00 bits per heavy atom. The standard InChI is InChI=1S/C15H19ClN2O2S/c1-10-5-12(20-17-10)6-11-7-18(8-14(11)19-2)9-15-13(16)3-4-21-15/h3-5,11,14H,6-9H2,1-2H3/t11-,14+/m1/s1. The van der Waals surface area contributed by atoms with E-state index in [1.807, 2.05) is 24.4 Å². The van der Waals surface area contributed by atoms with Crippen LogP contribution in [0.4, 0.5) is 0 Å². The highest BCUT2D eigenvalue weighted by molar-refractivity contribution is 7.10. The second kappa shape index (κ2) is 6.48. The third-order valence-electron chi connectivity index (χ3n) is 3.96. The highest BCUT2D eigenvalue weighted by Gasteiger charge is 2.34. The molecule has 0 unspecified atom stereocenters. The van der Waals surface area contributed by atoms with E-state index >= 15 is 0 Å². The second-order valence-corrected chi connectivity index (χ2v) is 6.97. The number of aryl methyl sites for hydroxylation is 1. The number of thiophene rings is 1. The smallest absolute Gasteiger partial charge is 0.137 e. The van der Waals surface area contributed by atoms with Gasteiger partial charge in [-0.1, -0.05) is 16.8 Å². The average molecular weight is 327 g/mol. The molecule has 0 bridgehead atoms. The molecule has 3 heterocycles. The van der Waals surface area contributed by atoms with Crippen molar-refractivity contribution in [3.8, 4) is 0 Å². The van der Waals surface area contributed by atoms with Crippen LogP contribution in [0, 0.1) is 12.8 Å². The normalized spacial score (nSPS) is 23.0. The molecule has 114 valence electrons. The van der Waals surface area contributed by atoms with Gasteiger partial charge in [-0.25, -0.2) is 0 Å². The number of ether oxygens (including phenoxy) is 1. The van der Waals surface area contributed by atoms with Gasteiger partial charge < -0.3 is 9.26 Å². The van der Waals surface area contributed by atoms with Crippen LogP contribution in [0.15, 0.2) is 22.0 Å². The average Bonchev–Trinajstić information content (AvgIpc) is 3.14. The minimum atomic E-state index is 0.231. The first kappa shape index (κ1) is 15.0. The Morgan fingerprint density at radius 2 is 2.38 bits per heavy atom. The molecule has 1 saturated heterocycles. The number of likely N-dealkylation sites (tertiary alicyclic amines) is 1. The lowest BCUT2D eigenvalue weighted by molar-refractivity contribution is 0.0762. The molecule has 0 N–H and O–H groups in total. The van der Waals surface area contributed by atoms with Crippen LogP contribution >= 0.6 is 22.9 Å². The number of hydrogen-bond acceptors (Lipinski definition) is 5. The molecule has 3 rings (SSSR count). The van der Waals surface area contributed by atoms with Gasteiger partial charge in [-0.05, 0) is 18.4 Å². The molecular weight excluding hydrogens is 308 g/mol. The Bertz CT molecular complexity index is 598. The van der Waals surface area contributed by atoms with Gasteiger partial charge in [0.2, 0.25) is 0 Å². The fraction of sp³-hybridized carbons (Fsp3) is 0.533. The highest BCUT2D eigenvalue weighted by atomic mass is 35.5. The number of methoxy groups -OCH3 is 1. The number of hydrogen-bond donors (Lipinski definition) is 0. The Hall–Kier alpha value is -0.880. The lowest BCUT2D eigenvalue weighted by Gasteiger charge is -2.14. The molecule has 1 aliphatic rings. The first-order valence-corrected chi connectivity index (χ1v) is 8.30. The highest BCUT2D eigenvalue weighted by Crippen LogP contribution is 2.29. The Labute approximate surface area is 133 Å². The Balaban J connectivity index is 1.64. The van der Waals surface area contributed by atoms with Crippen molar-refractivity contribution in [1.82, 2.24) is 10.1 Å². The summed E-state index contributed by atoms with van der Waals surface area (Å²) in [6, 6.07) is 3.96. The van der Waals surface area contributed by atoms with Crippen molar-refractivity contribution in [2.24, 2.45) is 5.92 Å². The summed E-state index contributed by atoms with van der Waals surface area (Å²) >= 11 is 7.90. The molecular formula is C15H19ClN2O2S. The third kappa shape index (κ3) is 3.48. The summed E-state index contributed by atoms with van der Waals surface area (Å²) in [4.78, 5) is 3.63. The van der Waals surface area contributed by atoms with Crippen LogP contribution in [0.1, 0.15) is 16.3 Å². The van der Waals surface area contributed by atoms with Crippen LogP contribution < -0.4 is 0 Å². The largest absolute Gasteiger partial charge is 0.380 e. The first-order chi connectivity index (χ1) is 10.2. The SMILES string of the molecule is CO[C@H]1CN(Cc2sccc2Cl)C[C@H]1Cc1cc(C)no1. The molecule has 0 aliphatic carbocycles. The zero-order valence-electron chi connectivity index (χ0n) is 12.2. The van der Waals surface area contributed by atoms with Crippen molar-refractivity contribution < 1.29 is 9.26 Å². The van der Waals surface area contributed by atoms with E-state index in [4.69, 9.17) is 20.9 Å². The lowest BCUT2D eigenvalue weighted by Crippen LogP contribution is -2.23. The second-order valence-electron chi connectivity index (χ2n) is 5.56. The summed E-state index contributed by atoms with van der Waals surface area (Å²) in [6.07, 6.45) is 1.10. The van der Waals surface area contributed by atoms with Gasteiger partial charge in [-0.15, -0.1) is 11.3 Å². The van der Waals surface area contributed by atoms with Gasteiger partial charge in [0.25, 0.3) is 0 Å². The van der Waals surface area contributed by atoms with E-state index in [-0.39, 0.29) is 6.10 Å². The first-order valence-electron chi connectivity index (χ1n) is 7.05. The summed E-state index contributed by atoms with van der Waals surface area (Å²) in [5.41, 5.74) is 0.930. The van der Waals surface area contributed by atoms with Gasteiger partial charge in [0, 0.05) is 50.0 Å². The van der Waals surface area contributed by atoms with E-state index in [1.54, 1.807) is 18.4 Å². The third-order valence-corrected chi connectivity index (χ3v) is 5.33. The minimum Gasteiger partial charge on any atom is -0.380 e. The van der Waals surface area contributed by atoms with E-state index in [0.717, 1.165) is 42.5 Å². The number of aromatic nitrogens is 1. The molecule has 0 radical (unpaired) electrons. The van der Waals surface area contributed by atoms with Crippen molar-refractivity contribution in [1.29, 1.82) is 0 Å². The molecule has 2 aromatic heterocycles. The maximum Gasteiger partial charge on any atom is 0.137 e. The molecule has 1 fully saturated rings. The summed E-state index contributed by atoms with van der Waals surface area (Å²) < 4.78 is 11.0. The monoisotopic (exact) mass is 326 g/mol. The maximum atomic E-state index is 6.19. The molecule has 0 aromatic carbocycles. The summed E-state index contributed by atoms with van der Waals surface area (Å²) in [5, 5.41) is 6.86. The molecule has 2 aromatic rings. The fourth-order valence-corrected chi connectivity index (χ4v) is 4.07. The van der Waals surface area contributed by atoms with Gasteiger partial charge in [-0.3, -0.25) is 4.90 Å². The van der Waals surface area contributed by atoms with Crippen LogP contribution in [0.25, 0.3) is 0 Å². The predicted octanol–water partition coefficient (Wildman–Crippen LogP) is 3.39. The summed E-state index contributed by atoms with van der Waals surface area (Å²) in [6.45, 7) is 4.76. The summed E-state index contributed by atoms with van der Waals surface area (Å²) in [5.74, 6) is 1.37. The topological polar surface area (TPSA) is 38.5 Å². The number of rotatable bonds is 5. The van der Waals surface area contributed by atoms with E-state index in [9.17, 15) is 0 Å². The van der Waals surface area contributed by atoms with E-state index in [0.29, 0.717) is 5.92 Å². The molecule has 6 heteroatoms. The van der Waals surface area contributed by atoms with Crippen molar-refractivity contribution in [3.63, 3.8) is 0 Å². The van der Waals surface area contributed by atoms with Gasteiger partial charge in [0.1, 0.15) is 5.76 Å². The van der Waals surface area contributed by atoms with Gasteiger partial charge >= 0.3 is 0 Å². The fourth-order valence-electron chi connectivity index (χ4n) is 2.93. The molecule has 0 spiro atoms. The predicted molar refractivity (Wildman–Crippen MR) is 83.8 cm³/mol. The zero-order valence-corrected chi connectivity index (χ0v) is 13.8. The molecule has 21 heavy (non-hydrogen) atoms. The Kier molecular flexibility index (Phi) is 4.64. The molecule has 4 nitrogen and oxygen atoms in total. The van der Waals surface area contributed by atoms with Crippen LogP contribution in [-0.2, 0) is 17.7 Å². The van der Waals surface area contributed by atoms with Crippen molar-refractivity contribution >= 4 is 22.9 Å². The maximum absolute atomic E-state index is 6.19. The molecule has 0 amide bonds. The Morgan fingerprint density at radius 1 is 1.52 bits per heavy atom. The van der Waals surface area contributed by atoms with Gasteiger partial charge in [-0.2, -0.15) is 0 Å². The quantitative estimate of drug-likeness (QED) is 0.844. The van der Waals surface area contributed by atoms with Crippen LogP contribution in [0.5, 0.6) is 0 Å². The van der Waals surface area contributed by atoms with Crippen molar-refractivity contribution in [2.75, 3.05) is 20.2 Å². The molecule has 2 atom stereocenters. The molecule has 1 aliphatic heterocycles. The number of halogens is 1. The van der Waals surface area contributed by atoms with Crippen molar-refractivity contribution in [2.45, 2.75) is 26.0 Å². The van der Waals surface area contributed by atoms with Gasteiger partial charge in [0.15, 0.2) is 0 Å². The number of nitrogens with zero attached hydrogens (tertiary/aromatic N) is 2. The van der Waals surface area contributed by atoms with E-state index in [2.05, 4.69) is 10.1 Å². The summed E-state index contributed by atoms with van der Waals surface area (Å²) in [7, 11) is 1.78. The van der Waals surface area contributed by atoms with Crippen LogP contribution in [0.2, 0.25) is 5.02 Å². The van der Waals surface area contributed by atoms with E-state index < -0.39 is 0 Å².